The zero-order chi connectivity index (χ0) is 14.1. The quantitative estimate of drug-likeness (QED) is 0.587. The molecule has 1 aromatic heterocycles. The van der Waals surface area contributed by atoms with Crippen LogP contribution in [0.2, 0.25) is 0 Å². The second-order valence-corrected chi connectivity index (χ2v) is 6.13. The maximum atomic E-state index is 12.3. The van der Waals surface area contributed by atoms with Gasteiger partial charge in [0.05, 0.1) is 16.3 Å². The largest absolute Gasteiger partial charge is 0.508 e. The van der Waals surface area contributed by atoms with E-state index in [1.54, 1.807) is 17.4 Å². The number of nitrogen functional groups attached to an aromatic ring is 1. The molecule has 4 nitrogen and oxygen atoms in total. The monoisotopic (exact) mass is 288 g/mol. The summed E-state index contributed by atoms with van der Waals surface area (Å²) < 4.78 is 0. The first-order valence-electron chi connectivity index (χ1n) is 6.65. The molecule has 1 aliphatic rings. The number of nitrogens with two attached hydrogens (primary N) is 1. The molecule has 0 fully saturated rings. The zero-order valence-corrected chi connectivity index (χ0v) is 11.8. The van der Waals surface area contributed by atoms with Crippen molar-refractivity contribution < 1.29 is 9.90 Å². The summed E-state index contributed by atoms with van der Waals surface area (Å²) in [6.45, 7) is 0. The number of hydrogen-bond acceptors (Lipinski definition) is 4. The van der Waals surface area contributed by atoms with Crippen molar-refractivity contribution in [3.05, 3.63) is 39.6 Å². The van der Waals surface area contributed by atoms with Gasteiger partial charge in [-0.25, -0.2) is 0 Å². The van der Waals surface area contributed by atoms with Gasteiger partial charge in [0.25, 0.3) is 5.91 Å². The highest BCUT2D eigenvalue weighted by Gasteiger charge is 2.17. The van der Waals surface area contributed by atoms with Gasteiger partial charge in [-0.3, -0.25) is 4.79 Å². The molecule has 0 atom stereocenters. The van der Waals surface area contributed by atoms with Crippen LogP contribution >= 0.6 is 11.3 Å². The number of thiophene rings is 1. The zero-order valence-electron chi connectivity index (χ0n) is 11.0. The molecule has 4 N–H and O–H groups in total. The van der Waals surface area contributed by atoms with Crippen LogP contribution in [0.15, 0.2) is 24.3 Å². The van der Waals surface area contributed by atoms with E-state index in [2.05, 4.69) is 5.32 Å². The lowest BCUT2D eigenvalue weighted by atomic mass is 9.99. The minimum absolute atomic E-state index is 0.0899. The van der Waals surface area contributed by atoms with E-state index in [0.717, 1.165) is 17.7 Å². The molecule has 0 unspecified atom stereocenters. The molecule has 0 bridgehead atoms. The lowest BCUT2D eigenvalue weighted by Gasteiger charge is -2.08. The molecule has 1 aliphatic carbocycles. The van der Waals surface area contributed by atoms with Crippen molar-refractivity contribution in [1.29, 1.82) is 0 Å². The Morgan fingerprint density at radius 1 is 1.25 bits per heavy atom. The molecule has 104 valence electrons. The summed E-state index contributed by atoms with van der Waals surface area (Å²) in [7, 11) is 0. The number of hydrogen-bond donors (Lipinski definition) is 3. The van der Waals surface area contributed by atoms with Crippen molar-refractivity contribution in [3.63, 3.8) is 0 Å². The summed E-state index contributed by atoms with van der Waals surface area (Å²) in [5.74, 6) is -0.0473. The van der Waals surface area contributed by atoms with E-state index in [0.29, 0.717) is 11.4 Å². The van der Waals surface area contributed by atoms with Gasteiger partial charge in [-0.15, -0.1) is 11.3 Å². The summed E-state index contributed by atoms with van der Waals surface area (Å²) >= 11 is 1.57. The average Bonchev–Trinajstić information content (AvgIpc) is 2.86. The predicted octanol–water partition coefficient (Wildman–Crippen LogP) is 3.17. The summed E-state index contributed by atoms with van der Waals surface area (Å²) in [5.41, 5.74) is 7.97. The fourth-order valence-corrected chi connectivity index (χ4v) is 3.60. The Balaban J connectivity index is 1.80. The van der Waals surface area contributed by atoms with E-state index in [4.69, 9.17) is 5.73 Å². The Labute approximate surface area is 121 Å². The number of nitrogens with one attached hydrogen (secondary N) is 1. The number of carbonyl (C=O) groups excluding carboxylic acids is 1. The van der Waals surface area contributed by atoms with Crippen LogP contribution in [0, 0.1) is 0 Å². The van der Waals surface area contributed by atoms with E-state index < -0.39 is 0 Å². The van der Waals surface area contributed by atoms with Crippen molar-refractivity contribution in [2.45, 2.75) is 25.7 Å². The molecule has 0 saturated heterocycles. The summed E-state index contributed by atoms with van der Waals surface area (Å²) in [6.07, 6.45) is 4.56. The molecule has 1 heterocycles. The van der Waals surface area contributed by atoms with Gasteiger partial charge < -0.3 is 16.2 Å². The highest BCUT2D eigenvalue weighted by Crippen LogP contribution is 2.31. The van der Waals surface area contributed by atoms with Crippen LogP contribution in [-0.2, 0) is 12.8 Å². The van der Waals surface area contributed by atoms with Crippen molar-refractivity contribution in [2.75, 3.05) is 11.1 Å². The molecule has 0 saturated carbocycles. The standard InChI is InChI=1S/C15H16N2O2S/c16-11-8-10(18)5-6-12(11)17-15(19)14-7-9-3-1-2-4-13(9)20-14/h5-8,18H,1-4,16H2,(H,17,19). The fraction of sp³-hybridized carbons (Fsp3) is 0.267. The number of carbonyl (C=O) groups is 1. The van der Waals surface area contributed by atoms with Gasteiger partial charge in [0.1, 0.15) is 5.75 Å². The molecule has 5 heteroatoms. The predicted molar refractivity (Wildman–Crippen MR) is 81.4 cm³/mol. The number of aryl methyl sites for hydroxylation is 2. The number of fused-ring (bicyclic) bond motifs is 1. The van der Waals surface area contributed by atoms with Crippen LogP contribution in [0.1, 0.15) is 33.0 Å². The third-order valence-electron chi connectivity index (χ3n) is 3.50. The van der Waals surface area contributed by atoms with E-state index >= 15 is 0 Å². The smallest absolute Gasteiger partial charge is 0.265 e. The Kier molecular flexibility index (Phi) is 3.36. The number of phenolic OH excluding ortho intramolecular Hbond substituents is 1. The first-order valence-corrected chi connectivity index (χ1v) is 7.46. The van der Waals surface area contributed by atoms with Crippen molar-refractivity contribution in [3.8, 4) is 5.75 Å². The van der Waals surface area contributed by atoms with Gasteiger partial charge >= 0.3 is 0 Å². The van der Waals surface area contributed by atoms with Gasteiger partial charge in [-0.05, 0) is 49.4 Å². The van der Waals surface area contributed by atoms with Gasteiger partial charge in [-0.1, -0.05) is 0 Å². The normalized spacial score (nSPS) is 13.8. The first kappa shape index (κ1) is 13.0. The lowest BCUT2D eigenvalue weighted by molar-refractivity contribution is 0.103. The topological polar surface area (TPSA) is 75.3 Å². The average molecular weight is 288 g/mol. The van der Waals surface area contributed by atoms with Crippen molar-refractivity contribution >= 4 is 28.6 Å². The summed E-state index contributed by atoms with van der Waals surface area (Å²) in [5, 5.41) is 12.1. The maximum absolute atomic E-state index is 12.3. The van der Waals surface area contributed by atoms with Gasteiger partial charge in [-0.2, -0.15) is 0 Å². The Bertz CT molecular complexity index is 640. The summed E-state index contributed by atoms with van der Waals surface area (Å²) in [4.78, 5) is 14.3. The number of aromatic hydroxyl groups is 1. The number of rotatable bonds is 2. The van der Waals surface area contributed by atoms with Crippen molar-refractivity contribution in [2.24, 2.45) is 0 Å². The maximum Gasteiger partial charge on any atom is 0.265 e. The van der Waals surface area contributed by atoms with E-state index in [-0.39, 0.29) is 11.7 Å². The third-order valence-corrected chi connectivity index (χ3v) is 4.74. The van der Waals surface area contributed by atoms with Crippen LogP contribution in [0.4, 0.5) is 11.4 Å². The Morgan fingerprint density at radius 2 is 2.05 bits per heavy atom. The van der Waals surface area contributed by atoms with Gasteiger partial charge in [0.15, 0.2) is 0 Å². The molecule has 1 aromatic carbocycles. The Morgan fingerprint density at radius 3 is 2.80 bits per heavy atom. The molecule has 0 spiro atoms. The third kappa shape index (κ3) is 2.49. The molecule has 3 rings (SSSR count). The molecule has 0 radical (unpaired) electrons. The first-order chi connectivity index (χ1) is 9.63. The van der Waals surface area contributed by atoms with Crippen LogP contribution in [0.5, 0.6) is 5.75 Å². The van der Waals surface area contributed by atoms with Crippen LogP contribution < -0.4 is 11.1 Å². The number of phenols is 1. The molecule has 0 aliphatic heterocycles. The van der Waals surface area contributed by atoms with Gasteiger partial charge in [0.2, 0.25) is 0 Å². The number of amides is 1. The fourth-order valence-electron chi connectivity index (χ4n) is 2.45. The minimum Gasteiger partial charge on any atom is -0.508 e. The highest BCUT2D eigenvalue weighted by molar-refractivity contribution is 7.14. The summed E-state index contributed by atoms with van der Waals surface area (Å²) in [6, 6.07) is 6.53. The van der Waals surface area contributed by atoms with Crippen LogP contribution in [-0.4, -0.2) is 11.0 Å². The second kappa shape index (κ2) is 5.17. The molecule has 20 heavy (non-hydrogen) atoms. The van der Waals surface area contributed by atoms with Crippen LogP contribution in [0.25, 0.3) is 0 Å². The molecular weight excluding hydrogens is 272 g/mol. The van der Waals surface area contributed by atoms with Crippen molar-refractivity contribution in [1.82, 2.24) is 0 Å². The minimum atomic E-state index is -0.137. The van der Waals surface area contributed by atoms with E-state index in [1.807, 2.05) is 6.07 Å². The number of anilines is 2. The van der Waals surface area contributed by atoms with Gasteiger partial charge in [0, 0.05) is 10.9 Å². The molecule has 1 amide bonds. The van der Waals surface area contributed by atoms with Crippen LogP contribution in [0.3, 0.4) is 0 Å². The SMILES string of the molecule is Nc1cc(O)ccc1NC(=O)c1cc2c(s1)CCCC2. The second-order valence-electron chi connectivity index (χ2n) is 4.99. The Hall–Kier alpha value is -2.01. The highest BCUT2D eigenvalue weighted by atomic mass is 32.1. The number of benzene rings is 1. The molecule has 2 aromatic rings. The van der Waals surface area contributed by atoms with E-state index in [1.165, 1.54) is 35.4 Å². The lowest BCUT2D eigenvalue weighted by Crippen LogP contribution is -2.11. The molecular formula is C15H16N2O2S. The van der Waals surface area contributed by atoms with E-state index in [9.17, 15) is 9.90 Å².